The predicted octanol–water partition coefficient (Wildman–Crippen LogP) is 0.113. The Hall–Kier alpha value is -1.00. The van der Waals surface area contributed by atoms with Crippen molar-refractivity contribution in [2.24, 2.45) is 0 Å². The molecule has 2 aliphatic heterocycles. The molecule has 0 amide bonds. The zero-order valence-electron chi connectivity index (χ0n) is 14.1. The van der Waals surface area contributed by atoms with Crippen molar-refractivity contribution < 1.29 is 16.8 Å². The van der Waals surface area contributed by atoms with Gasteiger partial charge in [-0.1, -0.05) is 18.2 Å². The summed E-state index contributed by atoms with van der Waals surface area (Å²) in [6, 6.07) is 6.96. The number of nitrogens with zero attached hydrogens (tertiary/aromatic N) is 3. The lowest BCUT2D eigenvalue weighted by molar-refractivity contribution is 0.194. The van der Waals surface area contributed by atoms with Crippen molar-refractivity contribution in [2.45, 2.75) is 16.9 Å². The van der Waals surface area contributed by atoms with Crippen LogP contribution in [0, 0.1) is 0 Å². The van der Waals surface area contributed by atoms with E-state index in [4.69, 9.17) is 0 Å². The minimum Gasteiger partial charge on any atom is -0.308 e. The Labute approximate surface area is 144 Å². The van der Waals surface area contributed by atoms with E-state index >= 15 is 0 Å². The topological polar surface area (TPSA) is 78.0 Å². The number of hydrogen-bond donors (Lipinski definition) is 0. The van der Waals surface area contributed by atoms with Gasteiger partial charge in [0.15, 0.2) is 0 Å². The van der Waals surface area contributed by atoms with Gasteiger partial charge in [0, 0.05) is 26.2 Å². The van der Waals surface area contributed by atoms with E-state index in [0.29, 0.717) is 31.0 Å². The van der Waals surface area contributed by atoms with Gasteiger partial charge in [0.25, 0.3) is 0 Å². The van der Waals surface area contributed by atoms with E-state index in [9.17, 15) is 16.8 Å². The molecular weight excluding hydrogens is 350 g/mol. The first-order chi connectivity index (χ1) is 11.1. The molecule has 0 N–H and O–H groups in total. The summed E-state index contributed by atoms with van der Waals surface area (Å²) in [7, 11) is -3.20. The first-order valence-corrected chi connectivity index (χ1v) is 11.1. The number of hydrogen-bond acceptors (Lipinski definition) is 5. The Morgan fingerprint density at radius 1 is 1.25 bits per heavy atom. The highest BCUT2D eigenvalue weighted by Gasteiger charge is 2.57. The molecule has 7 nitrogen and oxygen atoms in total. The molecule has 1 saturated heterocycles. The normalized spacial score (nSPS) is 27.2. The van der Waals surface area contributed by atoms with E-state index < -0.39 is 25.6 Å². The van der Waals surface area contributed by atoms with Gasteiger partial charge < -0.3 is 4.90 Å². The third kappa shape index (κ3) is 2.68. The van der Waals surface area contributed by atoms with Crippen LogP contribution in [0.2, 0.25) is 0 Å². The van der Waals surface area contributed by atoms with Crippen molar-refractivity contribution in [3.05, 3.63) is 29.8 Å². The van der Waals surface area contributed by atoms with Gasteiger partial charge in [0.05, 0.1) is 16.7 Å². The molecule has 1 aromatic carbocycles. The zero-order valence-corrected chi connectivity index (χ0v) is 15.8. The lowest BCUT2D eigenvalue weighted by atomic mass is 9.89. The minimum atomic E-state index is -3.62. The van der Waals surface area contributed by atoms with Gasteiger partial charge in [0.2, 0.25) is 20.0 Å². The van der Waals surface area contributed by atoms with Crippen molar-refractivity contribution in [3.63, 3.8) is 0 Å². The van der Waals surface area contributed by atoms with Crippen LogP contribution >= 0.6 is 0 Å². The molecule has 24 heavy (non-hydrogen) atoms. The molecule has 134 valence electrons. The lowest BCUT2D eigenvalue weighted by Gasteiger charge is -2.34. The zero-order chi connectivity index (χ0) is 17.8. The monoisotopic (exact) mass is 373 g/mol. The molecule has 9 heteroatoms. The molecule has 1 fully saturated rings. The number of likely N-dealkylation sites (N-methyl/N-ethyl adjacent to an activating group) is 1. The van der Waals surface area contributed by atoms with Crippen LogP contribution in [0.3, 0.4) is 0 Å². The van der Waals surface area contributed by atoms with Crippen molar-refractivity contribution >= 4 is 20.0 Å². The summed E-state index contributed by atoms with van der Waals surface area (Å²) < 4.78 is 52.9. The van der Waals surface area contributed by atoms with Gasteiger partial charge in [-0.05, 0) is 32.1 Å². The number of fused-ring (bicyclic) bond motifs is 2. The van der Waals surface area contributed by atoms with Crippen molar-refractivity contribution in [1.82, 2.24) is 13.5 Å². The Kier molecular flexibility index (Phi) is 4.28. The fourth-order valence-corrected chi connectivity index (χ4v) is 6.57. The van der Waals surface area contributed by atoms with Crippen LogP contribution in [0.5, 0.6) is 0 Å². The Morgan fingerprint density at radius 3 is 2.50 bits per heavy atom. The van der Waals surface area contributed by atoms with Crippen LogP contribution in [0.1, 0.15) is 12.0 Å². The first kappa shape index (κ1) is 17.8. The molecule has 0 radical (unpaired) electrons. The molecule has 0 aromatic heterocycles. The molecule has 3 rings (SSSR count). The number of sulfonamides is 2. The third-order valence-electron chi connectivity index (χ3n) is 4.87. The summed E-state index contributed by atoms with van der Waals surface area (Å²) in [6.07, 6.45) is 1.65. The maximum atomic E-state index is 13.1. The highest BCUT2D eigenvalue weighted by atomic mass is 32.2. The molecule has 1 aromatic rings. The highest BCUT2D eigenvalue weighted by molar-refractivity contribution is 7.89. The number of rotatable bonds is 4. The second-order valence-corrected chi connectivity index (χ2v) is 10.6. The van der Waals surface area contributed by atoms with E-state index in [1.165, 1.54) is 14.9 Å². The second-order valence-electron chi connectivity index (χ2n) is 6.75. The Balaban J connectivity index is 2.11. The van der Waals surface area contributed by atoms with Crippen molar-refractivity contribution in [1.29, 1.82) is 0 Å². The second kappa shape index (κ2) is 5.77. The minimum absolute atomic E-state index is 0.176. The van der Waals surface area contributed by atoms with Crippen LogP contribution in [-0.4, -0.2) is 76.9 Å². The van der Waals surface area contributed by atoms with Gasteiger partial charge in [-0.25, -0.2) is 16.8 Å². The smallest absolute Gasteiger partial charge is 0.244 e. The van der Waals surface area contributed by atoms with Crippen molar-refractivity contribution in [2.75, 3.05) is 46.5 Å². The summed E-state index contributed by atoms with van der Waals surface area (Å²) in [5.41, 5.74) is -0.0796. The molecule has 2 heterocycles. The fraction of sp³-hybridized carbons (Fsp3) is 0.600. The number of benzene rings is 1. The summed E-state index contributed by atoms with van der Waals surface area (Å²) in [5.74, 6) is 0. The summed E-state index contributed by atoms with van der Waals surface area (Å²) in [6.45, 7) is 1.42. The standard InChI is InChI=1S/C15H23N3O4S2/c1-16(2)10-11-18-15(8-9-17(12-15)23(3,19)20)13-6-4-5-7-14(13)24(18,21)22/h4-7H,8-12H2,1-3H3/t15-/m0/s1. The molecule has 1 atom stereocenters. The van der Waals surface area contributed by atoms with Crippen LogP contribution in [0.4, 0.5) is 0 Å². The first-order valence-electron chi connectivity index (χ1n) is 7.81. The highest BCUT2D eigenvalue weighted by Crippen LogP contribution is 2.49. The molecule has 0 saturated carbocycles. The van der Waals surface area contributed by atoms with E-state index in [0.717, 1.165) is 5.56 Å². The maximum Gasteiger partial charge on any atom is 0.244 e. The average molecular weight is 374 g/mol. The van der Waals surface area contributed by atoms with Gasteiger partial charge in [-0.3, -0.25) is 0 Å². The molecule has 2 aliphatic rings. The quantitative estimate of drug-likeness (QED) is 0.749. The van der Waals surface area contributed by atoms with E-state index in [1.807, 2.05) is 31.1 Å². The Morgan fingerprint density at radius 2 is 1.92 bits per heavy atom. The van der Waals surface area contributed by atoms with Crippen molar-refractivity contribution in [3.8, 4) is 0 Å². The summed E-state index contributed by atoms with van der Waals surface area (Å²) >= 11 is 0. The molecule has 0 unspecified atom stereocenters. The van der Waals surface area contributed by atoms with Gasteiger partial charge in [0.1, 0.15) is 0 Å². The average Bonchev–Trinajstić information content (AvgIpc) is 2.99. The maximum absolute atomic E-state index is 13.1. The van der Waals surface area contributed by atoms with E-state index in [-0.39, 0.29) is 6.54 Å². The molecule has 0 bridgehead atoms. The molecule has 1 spiro atoms. The summed E-state index contributed by atoms with van der Waals surface area (Å²) in [4.78, 5) is 2.23. The molecule has 0 aliphatic carbocycles. The van der Waals surface area contributed by atoms with Crippen LogP contribution < -0.4 is 0 Å². The SMILES string of the molecule is CN(C)CCN1[C@]2(CCN(S(C)(=O)=O)C2)c2ccccc2S1(=O)=O. The van der Waals surface area contributed by atoms with Gasteiger partial charge >= 0.3 is 0 Å². The Bertz CT molecular complexity index is 851. The fourth-order valence-electron chi connectivity index (χ4n) is 3.65. The van der Waals surface area contributed by atoms with Crippen LogP contribution in [-0.2, 0) is 25.6 Å². The lowest BCUT2D eigenvalue weighted by Crippen LogP contribution is -2.48. The van der Waals surface area contributed by atoms with Gasteiger partial charge in [-0.2, -0.15) is 8.61 Å². The van der Waals surface area contributed by atoms with E-state index in [2.05, 4.69) is 0 Å². The summed E-state index contributed by atoms with van der Waals surface area (Å²) in [5, 5.41) is 0. The van der Waals surface area contributed by atoms with Crippen LogP contribution in [0.15, 0.2) is 29.2 Å². The van der Waals surface area contributed by atoms with Gasteiger partial charge in [-0.15, -0.1) is 0 Å². The molecular formula is C15H23N3O4S2. The van der Waals surface area contributed by atoms with E-state index in [1.54, 1.807) is 12.1 Å². The predicted molar refractivity (Wildman–Crippen MR) is 91.6 cm³/mol. The third-order valence-corrected chi connectivity index (χ3v) is 8.14. The van der Waals surface area contributed by atoms with Crippen LogP contribution in [0.25, 0.3) is 0 Å². The largest absolute Gasteiger partial charge is 0.308 e.